The van der Waals surface area contributed by atoms with Gasteiger partial charge in [0.1, 0.15) is 5.82 Å². The number of anilines is 2. The zero-order valence-electron chi connectivity index (χ0n) is 15.3. The van der Waals surface area contributed by atoms with Crippen molar-refractivity contribution in [1.82, 2.24) is 9.78 Å². The highest BCUT2D eigenvalue weighted by molar-refractivity contribution is 9.10. The van der Waals surface area contributed by atoms with Crippen molar-refractivity contribution in [2.24, 2.45) is 0 Å². The lowest BCUT2D eigenvalue weighted by Crippen LogP contribution is -2.35. The summed E-state index contributed by atoms with van der Waals surface area (Å²) in [6.07, 6.45) is -4.75. The third-order valence-electron chi connectivity index (χ3n) is 4.80. The number of halogens is 5. The summed E-state index contributed by atoms with van der Waals surface area (Å²) >= 11 is 9.14. The van der Waals surface area contributed by atoms with E-state index >= 15 is 0 Å². The minimum Gasteiger partial charge on any atom is -0.363 e. The number of hydrogen-bond donors (Lipinski definition) is 2. The summed E-state index contributed by atoms with van der Waals surface area (Å²) in [6.45, 7) is 0. The standard InChI is InChI=1S/C20H15BrClF3N4O/c21-12-3-1-11(2-4-12)15-9-17(20(23,24)25)29-18(27-15)10-16(28-29)19(30)26-14-7-5-13(22)6-8-14/h1-8,10,15,17,27H,9H2,(H,26,30)/t15-,17-/m0/s1. The summed E-state index contributed by atoms with van der Waals surface area (Å²) in [5.41, 5.74) is 1.06. The Morgan fingerprint density at radius 3 is 2.47 bits per heavy atom. The first-order valence-electron chi connectivity index (χ1n) is 8.96. The van der Waals surface area contributed by atoms with E-state index in [-0.39, 0.29) is 17.9 Å². The molecular formula is C20H15BrClF3N4O. The average molecular weight is 500 g/mol. The average Bonchev–Trinajstić information content (AvgIpc) is 3.13. The maximum atomic E-state index is 13.8. The highest BCUT2D eigenvalue weighted by Gasteiger charge is 2.46. The van der Waals surface area contributed by atoms with Gasteiger partial charge in [-0.05, 0) is 42.0 Å². The minimum absolute atomic E-state index is 0.113. The number of alkyl halides is 3. The van der Waals surface area contributed by atoms with Gasteiger partial charge in [-0.25, -0.2) is 4.68 Å². The Kier molecular flexibility index (Phi) is 5.50. The molecular weight excluding hydrogens is 485 g/mol. The van der Waals surface area contributed by atoms with Gasteiger partial charge in [0.25, 0.3) is 5.91 Å². The number of aromatic nitrogens is 2. The summed E-state index contributed by atoms with van der Waals surface area (Å²) in [5.74, 6) is -0.472. The van der Waals surface area contributed by atoms with Gasteiger partial charge in [-0.1, -0.05) is 39.7 Å². The summed E-state index contributed by atoms with van der Waals surface area (Å²) < 4.78 is 43.0. The Morgan fingerprint density at radius 2 is 1.83 bits per heavy atom. The molecule has 4 rings (SSSR count). The van der Waals surface area contributed by atoms with Crippen molar-refractivity contribution in [3.05, 3.63) is 75.4 Å². The van der Waals surface area contributed by atoms with E-state index < -0.39 is 24.2 Å². The fourth-order valence-corrected chi connectivity index (χ4v) is 3.72. The maximum absolute atomic E-state index is 13.8. The molecule has 1 aromatic heterocycles. The van der Waals surface area contributed by atoms with Gasteiger partial charge in [-0.2, -0.15) is 18.3 Å². The summed E-state index contributed by atoms with van der Waals surface area (Å²) in [4.78, 5) is 12.5. The predicted octanol–water partition coefficient (Wildman–Crippen LogP) is 6.21. The van der Waals surface area contributed by atoms with Crippen LogP contribution in [0.25, 0.3) is 0 Å². The van der Waals surface area contributed by atoms with Crippen molar-refractivity contribution < 1.29 is 18.0 Å². The van der Waals surface area contributed by atoms with Crippen LogP contribution in [0, 0.1) is 0 Å². The van der Waals surface area contributed by atoms with Crippen molar-refractivity contribution in [1.29, 1.82) is 0 Å². The Bertz CT molecular complexity index is 1070. The summed E-state index contributed by atoms with van der Waals surface area (Å²) in [7, 11) is 0. The van der Waals surface area contributed by atoms with Crippen molar-refractivity contribution in [2.75, 3.05) is 10.6 Å². The molecule has 156 valence electrons. The number of hydrogen-bond acceptors (Lipinski definition) is 3. The molecule has 0 aliphatic carbocycles. The Balaban J connectivity index is 1.63. The van der Waals surface area contributed by atoms with Crippen LogP contribution in [0.4, 0.5) is 24.7 Å². The maximum Gasteiger partial charge on any atom is 0.410 e. The highest BCUT2D eigenvalue weighted by Crippen LogP contribution is 2.43. The van der Waals surface area contributed by atoms with E-state index in [1.165, 1.54) is 6.07 Å². The van der Waals surface area contributed by atoms with E-state index in [0.29, 0.717) is 16.3 Å². The molecule has 10 heteroatoms. The first-order chi connectivity index (χ1) is 14.2. The minimum atomic E-state index is -4.51. The van der Waals surface area contributed by atoms with Gasteiger partial charge < -0.3 is 10.6 Å². The molecule has 0 radical (unpaired) electrons. The van der Waals surface area contributed by atoms with Gasteiger partial charge in [-0.3, -0.25) is 4.79 Å². The number of carbonyl (C=O) groups is 1. The van der Waals surface area contributed by atoms with Crippen LogP contribution < -0.4 is 10.6 Å². The van der Waals surface area contributed by atoms with Crippen LogP contribution in [-0.2, 0) is 0 Å². The van der Waals surface area contributed by atoms with Crippen LogP contribution in [0.15, 0.2) is 59.1 Å². The molecule has 0 spiro atoms. The van der Waals surface area contributed by atoms with E-state index in [9.17, 15) is 18.0 Å². The molecule has 2 heterocycles. The predicted molar refractivity (Wildman–Crippen MR) is 112 cm³/mol. The van der Waals surface area contributed by atoms with Gasteiger partial charge in [-0.15, -0.1) is 0 Å². The van der Waals surface area contributed by atoms with Crippen molar-refractivity contribution >= 4 is 44.9 Å². The lowest BCUT2D eigenvalue weighted by Gasteiger charge is -2.33. The second kappa shape index (κ2) is 7.96. The van der Waals surface area contributed by atoms with E-state index in [4.69, 9.17) is 11.6 Å². The topological polar surface area (TPSA) is 59.0 Å². The number of benzene rings is 2. The smallest absolute Gasteiger partial charge is 0.363 e. The molecule has 5 nitrogen and oxygen atoms in total. The fourth-order valence-electron chi connectivity index (χ4n) is 3.33. The molecule has 30 heavy (non-hydrogen) atoms. The van der Waals surface area contributed by atoms with Gasteiger partial charge in [0.05, 0.1) is 6.04 Å². The lowest BCUT2D eigenvalue weighted by molar-refractivity contribution is -0.173. The van der Waals surface area contributed by atoms with Crippen molar-refractivity contribution in [2.45, 2.75) is 24.7 Å². The van der Waals surface area contributed by atoms with Crippen LogP contribution in [0.1, 0.15) is 34.6 Å². The number of nitrogens with zero attached hydrogens (tertiary/aromatic N) is 2. The molecule has 0 unspecified atom stereocenters. The highest BCUT2D eigenvalue weighted by atomic mass is 79.9. The third-order valence-corrected chi connectivity index (χ3v) is 5.58. The molecule has 2 aromatic carbocycles. The van der Waals surface area contributed by atoms with Gasteiger partial charge >= 0.3 is 6.18 Å². The van der Waals surface area contributed by atoms with Gasteiger partial charge in [0.2, 0.25) is 0 Å². The molecule has 3 aromatic rings. The second-order valence-corrected chi connectivity index (χ2v) is 8.21. The Hall–Kier alpha value is -2.52. The number of rotatable bonds is 3. The molecule has 1 amide bonds. The van der Waals surface area contributed by atoms with Crippen LogP contribution in [0.3, 0.4) is 0 Å². The summed E-state index contributed by atoms with van der Waals surface area (Å²) in [5, 5.41) is 10.1. The van der Waals surface area contributed by atoms with Gasteiger partial charge in [0.15, 0.2) is 11.7 Å². The van der Waals surface area contributed by atoms with E-state index in [1.807, 2.05) is 0 Å². The lowest BCUT2D eigenvalue weighted by atomic mass is 9.97. The van der Waals surface area contributed by atoms with Gasteiger partial charge in [0, 0.05) is 27.7 Å². The molecule has 0 saturated carbocycles. The summed E-state index contributed by atoms with van der Waals surface area (Å²) in [6, 6.07) is 12.4. The van der Waals surface area contributed by atoms with Crippen molar-refractivity contribution in [3.8, 4) is 0 Å². The molecule has 2 N–H and O–H groups in total. The first-order valence-corrected chi connectivity index (χ1v) is 10.1. The Labute approximate surface area is 183 Å². The largest absolute Gasteiger partial charge is 0.410 e. The monoisotopic (exact) mass is 498 g/mol. The van der Waals surface area contributed by atoms with E-state index in [2.05, 4.69) is 31.7 Å². The SMILES string of the molecule is O=C(Nc1ccc(Cl)cc1)c1cc2n(n1)[C@H](C(F)(F)F)C[C@@H](c1ccc(Br)cc1)N2. The molecule has 2 atom stereocenters. The second-order valence-electron chi connectivity index (χ2n) is 6.86. The van der Waals surface area contributed by atoms with E-state index in [1.54, 1.807) is 48.5 Å². The molecule has 1 aliphatic heterocycles. The van der Waals surface area contributed by atoms with Crippen LogP contribution in [-0.4, -0.2) is 21.9 Å². The van der Waals surface area contributed by atoms with Crippen LogP contribution in [0.2, 0.25) is 5.02 Å². The third kappa shape index (κ3) is 4.32. The Morgan fingerprint density at radius 1 is 1.17 bits per heavy atom. The normalized spacial score (nSPS) is 18.4. The van der Waals surface area contributed by atoms with Crippen molar-refractivity contribution in [3.63, 3.8) is 0 Å². The zero-order valence-corrected chi connectivity index (χ0v) is 17.6. The zero-order chi connectivity index (χ0) is 21.5. The number of amides is 1. The number of carbonyl (C=O) groups excluding carboxylic acids is 1. The van der Waals surface area contributed by atoms with E-state index in [0.717, 1.165) is 9.15 Å². The van der Waals surface area contributed by atoms with Crippen LogP contribution in [0.5, 0.6) is 0 Å². The number of fused-ring (bicyclic) bond motifs is 1. The first kappa shape index (κ1) is 20.7. The molecule has 1 aliphatic rings. The molecule has 0 bridgehead atoms. The van der Waals surface area contributed by atoms with Crippen LogP contribution >= 0.6 is 27.5 Å². The molecule has 0 fully saturated rings. The molecule has 0 saturated heterocycles. The fraction of sp³-hybridized carbons (Fsp3) is 0.200. The number of nitrogens with one attached hydrogen (secondary N) is 2. The quantitative estimate of drug-likeness (QED) is 0.450.